The Labute approximate surface area is 299 Å². The van der Waals surface area contributed by atoms with Crippen molar-refractivity contribution in [1.82, 2.24) is 0 Å². The molecule has 0 amide bonds. The maximum Gasteiger partial charge on any atom is -0.109 e. The molecule has 6 heteroatoms. The predicted molar refractivity (Wildman–Crippen MR) is 177 cm³/mol. The molecule has 240 valence electrons. The van der Waals surface area contributed by atoms with E-state index in [4.69, 9.17) is 0 Å². The summed E-state index contributed by atoms with van der Waals surface area (Å²) in [5.41, 5.74) is 4.20. The average molecular weight is 739 g/mol. The Hall–Kier alpha value is -2.65. The molecule has 46 heavy (non-hydrogen) atoms. The second kappa shape index (κ2) is 16.5. The zero-order valence-corrected chi connectivity index (χ0v) is 31.0. The Morgan fingerprint density at radius 2 is 1.17 bits per heavy atom. The molecular weight excluding hydrogens is 700 g/mol. The van der Waals surface area contributed by atoms with Crippen molar-refractivity contribution < 1.29 is 62.2 Å². The first kappa shape index (κ1) is 39.5. The maximum atomic E-state index is 12.6. The van der Waals surface area contributed by atoms with E-state index in [0.29, 0.717) is 5.56 Å². The van der Waals surface area contributed by atoms with Gasteiger partial charge in [-0.15, -0.1) is 46.2 Å². The van der Waals surface area contributed by atoms with Crippen LogP contribution in [0.4, 0.5) is 13.2 Å². The van der Waals surface area contributed by atoms with Crippen LogP contribution in [0, 0.1) is 6.08 Å². The van der Waals surface area contributed by atoms with Crippen molar-refractivity contribution in [3.63, 3.8) is 0 Å². The van der Waals surface area contributed by atoms with E-state index in [1.165, 1.54) is 44.8 Å². The zero-order valence-electron chi connectivity index (χ0n) is 27.1. The van der Waals surface area contributed by atoms with E-state index in [9.17, 15) is 13.2 Å². The summed E-state index contributed by atoms with van der Waals surface area (Å²) in [6.45, 7) is 13.7. The van der Waals surface area contributed by atoms with E-state index in [1.54, 1.807) is 6.07 Å². The first-order valence-corrected chi connectivity index (χ1v) is 16.0. The maximum absolute atomic E-state index is 12.6. The predicted octanol–water partition coefficient (Wildman–Crippen LogP) is 5.44. The zero-order chi connectivity index (χ0) is 32.1. The quantitative estimate of drug-likeness (QED) is 0.212. The van der Waals surface area contributed by atoms with Gasteiger partial charge in [0.2, 0.25) is 0 Å². The van der Waals surface area contributed by atoms with Gasteiger partial charge >= 0.3 is 118 Å². The van der Waals surface area contributed by atoms with Crippen LogP contribution < -0.4 is 24.8 Å². The first-order valence-electron chi connectivity index (χ1n) is 14.8. The van der Waals surface area contributed by atoms with Crippen molar-refractivity contribution in [3.8, 4) is 0 Å². The van der Waals surface area contributed by atoms with E-state index in [1.807, 2.05) is 42.5 Å². The van der Waals surface area contributed by atoms with E-state index >= 15 is 0 Å². The summed E-state index contributed by atoms with van der Waals surface area (Å²) in [5.74, 6) is 0. The second-order valence-electron chi connectivity index (χ2n) is 13.1. The van der Waals surface area contributed by atoms with Crippen LogP contribution in [-0.2, 0) is 41.2 Å². The van der Waals surface area contributed by atoms with Crippen molar-refractivity contribution in [1.29, 1.82) is 0 Å². The average Bonchev–Trinajstić information content (AvgIpc) is 3.68. The number of hydrogen-bond acceptors (Lipinski definition) is 0. The van der Waals surface area contributed by atoms with Gasteiger partial charge in [-0.25, -0.2) is 12.2 Å². The topological polar surface area (TPSA) is 0 Å². The fraction of sp³-hybridized carbons (Fsp3) is 0.250. The molecule has 0 atom stereocenters. The SMILES string of the molecule is CC(C)(C)c1ccc2[cH-]c3ccc(C(C)(C)C)cc3c2c1.FC(F)(F)c1cccc([C](=[Zr+2])c2ccccc2)c1.[C-]1=CC=CC1.[Cl-].[Cl-]. The molecule has 0 saturated heterocycles. The summed E-state index contributed by atoms with van der Waals surface area (Å²) in [4.78, 5) is 0. The largest absolute Gasteiger partial charge is 1.00 e. The molecule has 0 nitrogen and oxygen atoms in total. The van der Waals surface area contributed by atoms with Crippen LogP contribution in [0.15, 0.2) is 115 Å². The minimum absolute atomic E-state index is 0. The van der Waals surface area contributed by atoms with Gasteiger partial charge in [0.15, 0.2) is 0 Å². The van der Waals surface area contributed by atoms with Gasteiger partial charge in [-0.3, -0.25) is 6.08 Å². The molecule has 1 aliphatic rings. The monoisotopic (exact) mass is 736 g/mol. The molecule has 5 aromatic rings. The molecule has 0 fully saturated rings. The molecule has 0 aliphatic heterocycles. The standard InChI is InChI=1S/C21H25.C14H9F3.C5H5.2ClH.Zr/c1-20(2,3)16-9-7-14-11-15-8-10-17(21(4,5)6)13-19(15)18(14)12-16;15-14(16,17)13-8-4-7-12(10-13)9-11-5-2-1-3-6-11;1-2-4-5-3-1;;;/h7-13H,1-6H3;1-8,10H;1-3H,4H2;2*1H;/q-1;;-1;;;+2/p-2. The minimum Gasteiger partial charge on any atom is -1.00 e. The van der Waals surface area contributed by atoms with Gasteiger partial charge in [-0.05, 0) is 10.8 Å². The first-order chi connectivity index (χ1) is 20.6. The summed E-state index contributed by atoms with van der Waals surface area (Å²) in [5, 5.41) is 5.49. The van der Waals surface area contributed by atoms with Crippen molar-refractivity contribution >= 4 is 24.8 Å². The van der Waals surface area contributed by atoms with Crippen molar-refractivity contribution in [2.45, 2.75) is 65.0 Å². The van der Waals surface area contributed by atoms with Gasteiger partial charge in [-0.1, -0.05) is 76.9 Å². The number of benzene rings is 4. The molecular formula is C40H39Cl2F3Zr-2. The van der Waals surface area contributed by atoms with E-state index < -0.39 is 11.7 Å². The third kappa shape index (κ3) is 10.4. The van der Waals surface area contributed by atoms with Gasteiger partial charge in [0.1, 0.15) is 0 Å². The van der Waals surface area contributed by atoms with Gasteiger partial charge < -0.3 is 24.8 Å². The molecule has 0 saturated carbocycles. The summed E-state index contributed by atoms with van der Waals surface area (Å²) in [7, 11) is 0. The summed E-state index contributed by atoms with van der Waals surface area (Å²) in [6, 6.07) is 31.1. The summed E-state index contributed by atoms with van der Waals surface area (Å²) >= 11 is 1.09. The number of allylic oxidation sites excluding steroid dienone is 4. The summed E-state index contributed by atoms with van der Waals surface area (Å²) in [6.07, 6.45) is 5.71. The molecule has 1 aliphatic carbocycles. The number of rotatable bonds is 2. The Kier molecular flexibility index (Phi) is 14.1. The Balaban J connectivity index is 0.000000270. The third-order valence-electron chi connectivity index (χ3n) is 7.57. The van der Waals surface area contributed by atoms with Crippen molar-refractivity contribution in [2.75, 3.05) is 0 Å². The molecule has 0 spiro atoms. The van der Waals surface area contributed by atoms with Gasteiger partial charge in [0.05, 0.1) is 0 Å². The van der Waals surface area contributed by atoms with E-state index in [2.05, 4.69) is 96.2 Å². The van der Waals surface area contributed by atoms with Crippen LogP contribution in [0.5, 0.6) is 0 Å². The van der Waals surface area contributed by atoms with Crippen LogP contribution in [0.25, 0.3) is 21.5 Å². The van der Waals surface area contributed by atoms with Crippen molar-refractivity contribution in [2.24, 2.45) is 0 Å². The van der Waals surface area contributed by atoms with Crippen LogP contribution in [0.1, 0.15) is 75.8 Å². The van der Waals surface area contributed by atoms with Crippen LogP contribution in [0.3, 0.4) is 0 Å². The van der Waals surface area contributed by atoms with Crippen LogP contribution >= 0.6 is 0 Å². The summed E-state index contributed by atoms with van der Waals surface area (Å²) < 4.78 is 38.8. The molecule has 0 N–H and O–H groups in total. The molecule has 0 aromatic heterocycles. The molecule has 0 heterocycles. The molecule has 0 bridgehead atoms. The molecule has 6 rings (SSSR count). The van der Waals surface area contributed by atoms with Crippen LogP contribution in [-0.4, -0.2) is 3.21 Å². The number of fused-ring (bicyclic) bond motifs is 3. The Morgan fingerprint density at radius 1 is 0.652 bits per heavy atom. The number of hydrogen-bond donors (Lipinski definition) is 0. The minimum atomic E-state index is -4.29. The molecule has 0 radical (unpaired) electrons. The van der Waals surface area contributed by atoms with E-state index in [0.717, 1.165) is 45.5 Å². The third-order valence-corrected chi connectivity index (χ3v) is 8.99. The van der Waals surface area contributed by atoms with Crippen LogP contribution in [0.2, 0.25) is 0 Å². The van der Waals surface area contributed by atoms with Gasteiger partial charge in [0.25, 0.3) is 0 Å². The molecule has 0 unspecified atom stereocenters. The Bertz CT molecular complexity index is 1720. The second-order valence-corrected chi connectivity index (χ2v) is 14.3. The normalized spacial score (nSPS) is 12.4. The number of halogens is 5. The number of alkyl halides is 3. The van der Waals surface area contributed by atoms with Gasteiger partial charge in [-0.2, -0.15) is 6.08 Å². The fourth-order valence-electron chi connectivity index (χ4n) is 4.89. The van der Waals surface area contributed by atoms with Crippen molar-refractivity contribution in [3.05, 3.63) is 149 Å². The molecule has 5 aromatic carbocycles. The smallest absolute Gasteiger partial charge is 0.109 e. The Morgan fingerprint density at radius 3 is 1.59 bits per heavy atom. The fourth-order valence-corrected chi connectivity index (χ4v) is 5.69. The van der Waals surface area contributed by atoms with E-state index in [-0.39, 0.29) is 35.6 Å². The van der Waals surface area contributed by atoms with Gasteiger partial charge in [0, 0.05) is 0 Å².